The molecule has 0 aliphatic rings. The van der Waals surface area contributed by atoms with Crippen molar-refractivity contribution in [1.29, 1.82) is 0 Å². The lowest BCUT2D eigenvalue weighted by molar-refractivity contribution is -0.144. The fourth-order valence-electron chi connectivity index (χ4n) is 2.04. The van der Waals surface area contributed by atoms with Crippen molar-refractivity contribution in [3.05, 3.63) is 0 Å². The molecule has 0 radical (unpaired) electrons. The molecule has 0 aromatic heterocycles. The fraction of sp³-hybridized carbons (Fsp3) is 0.600. The molecule has 0 saturated heterocycles. The summed E-state index contributed by atoms with van der Waals surface area (Å²) in [5.41, 5.74) is 10.4. The largest absolute Gasteiger partial charge is 0.481 e. The summed E-state index contributed by atoms with van der Waals surface area (Å²) in [6, 6.07) is -5.86. The summed E-state index contributed by atoms with van der Waals surface area (Å²) in [7, 11) is 0. The van der Waals surface area contributed by atoms with Crippen LogP contribution in [0.2, 0.25) is 0 Å². The number of rotatable bonds is 14. The molecule has 0 aromatic rings. The lowest BCUT2D eigenvalue weighted by atomic mass is 10.1. The van der Waals surface area contributed by atoms with E-state index in [9.17, 15) is 33.9 Å². The Balaban J connectivity index is 5.34. The maximum absolute atomic E-state index is 12.4. The molecule has 0 saturated carbocycles. The van der Waals surface area contributed by atoms with Crippen LogP contribution in [0.5, 0.6) is 0 Å². The van der Waals surface area contributed by atoms with E-state index in [0.29, 0.717) is 0 Å². The van der Waals surface area contributed by atoms with Crippen molar-refractivity contribution < 1.29 is 44.1 Å². The molecule has 0 aliphatic heterocycles. The van der Waals surface area contributed by atoms with E-state index in [1.54, 1.807) is 0 Å². The standard InChI is InChI=1S/C15H25N5O9S/c16-6(5-30)12(25)20-9(4-21)14(27)18-7(1-2-11(23)24)13(26)19-8(15(28)29)3-10(17)22/h6-9,21,30H,1-5,16H2,(H2,17,22)(H,18,27)(H,19,26)(H,20,25)(H,23,24)(H,28,29). The molecular weight excluding hydrogens is 426 g/mol. The zero-order chi connectivity index (χ0) is 23.4. The first kappa shape index (κ1) is 27.1. The van der Waals surface area contributed by atoms with Gasteiger partial charge in [-0.2, -0.15) is 12.6 Å². The summed E-state index contributed by atoms with van der Waals surface area (Å²) in [6.07, 6.45) is -1.76. The topological polar surface area (TPSA) is 251 Å². The van der Waals surface area contributed by atoms with Crippen molar-refractivity contribution >= 4 is 48.2 Å². The van der Waals surface area contributed by atoms with Crippen molar-refractivity contribution in [2.24, 2.45) is 11.5 Å². The summed E-state index contributed by atoms with van der Waals surface area (Å²) < 4.78 is 0. The molecule has 0 spiro atoms. The van der Waals surface area contributed by atoms with E-state index >= 15 is 0 Å². The molecular formula is C15H25N5O9S. The van der Waals surface area contributed by atoms with E-state index in [-0.39, 0.29) is 5.75 Å². The monoisotopic (exact) mass is 451 g/mol. The zero-order valence-electron chi connectivity index (χ0n) is 15.7. The molecule has 4 amide bonds. The third-order valence-corrected chi connectivity index (χ3v) is 4.04. The predicted molar refractivity (Wildman–Crippen MR) is 103 cm³/mol. The molecule has 4 atom stereocenters. The van der Waals surface area contributed by atoms with Crippen molar-refractivity contribution in [2.45, 2.75) is 43.4 Å². The summed E-state index contributed by atoms with van der Waals surface area (Å²) in [4.78, 5) is 69.3. The second kappa shape index (κ2) is 13.3. The highest BCUT2D eigenvalue weighted by Crippen LogP contribution is 2.02. The number of primary amides is 1. The number of carboxylic acid groups (broad SMARTS) is 2. The summed E-state index contributed by atoms with van der Waals surface area (Å²) in [5, 5.41) is 33.4. The summed E-state index contributed by atoms with van der Waals surface area (Å²) in [6.45, 7) is -0.871. The number of hydrogen-bond donors (Lipinski definition) is 9. The number of carbonyl (C=O) groups excluding carboxylic acids is 4. The van der Waals surface area contributed by atoms with Gasteiger partial charge >= 0.3 is 11.9 Å². The number of aliphatic carboxylic acids is 2. The maximum atomic E-state index is 12.4. The van der Waals surface area contributed by atoms with E-state index in [4.69, 9.17) is 21.7 Å². The smallest absolute Gasteiger partial charge is 0.326 e. The van der Waals surface area contributed by atoms with Crippen LogP contribution in [0.4, 0.5) is 0 Å². The van der Waals surface area contributed by atoms with Gasteiger partial charge in [-0.25, -0.2) is 4.79 Å². The normalized spacial score (nSPS) is 14.5. The number of thiol groups is 1. The number of carboxylic acids is 2. The molecule has 4 unspecified atom stereocenters. The number of amides is 4. The molecule has 14 nitrogen and oxygen atoms in total. The van der Waals surface area contributed by atoms with Crippen LogP contribution < -0.4 is 27.4 Å². The van der Waals surface area contributed by atoms with Gasteiger partial charge in [0, 0.05) is 12.2 Å². The van der Waals surface area contributed by atoms with Crippen molar-refractivity contribution in [3.8, 4) is 0 Å². The first-order valence-electron chi connectivity index (χ1n) is 8.54. The number of nitrogens with one attached hydrogen (secondary N) is 3. The van der Waals surface area contributed by atoms with E-state index in [1.165, 1.54) is 0 Å². The van der Waals surface area contributed by atoms with Gasteiger partial charge in [-0.3, -0.25) is 24.0 Å². The number of hydrogen-bond acceptors (Lipinski definition) is 9. The fourth-order valence-corrected chi connectivity index (χ4v) is 2.20. The lowest BCUT2D eigenvalue weighted by Crippen LogP contribution is -2.58. The Labute approximate surface area is 176 Å². The van der Waals surface area contributed by atoms with Crippen LogP contribution in [-0.2, 0) is 28.8 Å². The van der Waals surface area contributed by atoms with Gasteiger partial charge in [-0.05, 0) is 6.42 Å². The molecule has 0 aliphatic carbocycles. The van der Waals surface area contributed by atoms with Crippen LogP contribution in [0, 0.1) is 0 Å². The molecule has 0 heterocycles. The zero-order valence-corrected chi connectivity index (χ0v) is 16.6. The number of carbonyl (C=O) groups is 6. The van der Waals surface area contributed by atoms with Gasteiger partial charge in [-0.1, -0.05) is 0 Å². The lowest BCUT2D eigenvalue weighted by Gasteiger charge is -2.23. The van der Waals surface area contributed by atoms with Gasteiger partial charge in [0.05, 0.1) is 19.1 Å². The minimum absolute atomic E-state index is 0.0499. The average molecular weight is 451 g/mol. The van der Waals surface area contributed by atoms with Gasteiger partial charge in [0.25, 0.3) is 0 Å². The molecule has 30 heavy (non-hydrogen) atoms. The van der Waals surface area contributed by atoms with Crippen LogP contribution >= 0.6 is 12.6 Å². The molecule has 0 bridgehead atoms. The Hall–Kier alpha value is -2.91. The van der Waals surface area contributed by atoms with E-state index in [2.05, 4.69) is 23.3 Å². The Bertz CT molecular complexity index is 675. The Kier molecular flexibility index (Phi) is 12.0. The summed E-state index contributed by atoms with van der Waals surface area (Å²) in [5.74, 6) is -6.91. The second-order valence-corrected chi connectivity index (χ2v) is 6.46. The maximum Gasteiger partial charge on any atom is 0.326 e. The quantitative estimate of drug-likeness (QED) is 0.114. The molecule has 10 N–H and O–H groups in total. The SMILES string of the molecule is NC(=O)CC(NC(=O)C(CCC(=O)O)NC(=O)C(CO)NC(=O)C(N)CS)C(=O)O. The average Bonchev–Trinajstić information content (AvgIpc) is 2.66. The minimum Gasteiger partial charge on any atom is -0.481 e. The minimum atomic E-state index is -1.71. The van der Waals surface area contributed by atoms with Crippen LogP contribution in [0.1, 0.15) is 19.3 Å². The molecule has 0 rings (SSSR count). The Morgan fingerprint density at radius 3 is 1.80 bits per heavy atom. The summed E-state index contributed by atoms with van der Waals surface area (Å²) >= 11 is 3.82. The number of aliphatic hydroxyl groups is 1. The van der Waals surface area contributed by atoms with Gasteiger partial charge in [-0.15, -0.1) is 0 Å². The van der Waals surface area contributed by atoms with Crippen LogP contribution in [0.15, 0.2) is 0 Å². The molecule has 15 heteroatoms. The van der Waals surface area contributed by atoms with Crippen molar-refractivity contribution in [3.63, 3.8) is 0 Å². The van der Waals surface area contributed by atoms with E-state index < -0.39 is 85.6 Å². The van der Waals surface area contributed by atoms with Crippen LogP contribution in [0.3, 0.4) is 0 Å². The third kappa shape index (κ3) is 10.0. The van der Waals surface area contributed by atoms with Crippen molar-refractivity contribution in [2.75, 3.05) is 12.4 Å². The van der Waals surface area contributed by atoms with Gasteiger partial charge in [0.1, 0.15) is 18.1 Å². The van der Waals surface area contributed by atoms with Crippen LogP contribution in [-0.4, -0.2) is 87.4 Å². The first-order valence-corrected chi connectivity index (χ1v) is 9.17. The third-order valence-electron chi connectivity index (χ3n) is 3.65. The second-order valence-electron chi connectivity index (χ2n) is 6.10. The molecule has 170 valence electrons. The van der Waals surface area contributed by atoms with Crippen molar-refractivity contribution in [1.82, 2.24) is 16.0 Å². The Morgan fingerprint density at radius 2 is 1.37 bits per heavy atom. The highest BCUT2D eigenvalue weighted by molar-refractivity contribution is 7.80. The highest BCUT2D eigenvalue weighted by Gasteiger charge is 2.30. The predicted octanol–water partition coefficient (Wildman–Crippen LogP) is -4.48. The number of nitrogens with two attached hydrogens (primary N) is 2. The first-order chi connectivity index (χ1) is 13.9. The van der Waals surface area contributed by atoms with Gasteiger partial charge in [0.15, 0.2) is 0 Å². The molecule has 0 fully saturated rings. The van der Waals surface area contributed by atoms with E-state index in [1.807, 2.05) is 5.32 Å². The van der Waals surface area contributed by atoms with E-state index in [0.717, 1.165) is 0 Å². The van der Waals surface area contributed by atoms with Gasteiger partial charge < -0.3 is 42.7 Å². The highest BCUT2D eigenvalue weighted by atomic mass is 32.1. The Morgan fingerprint density at radius 1 is 0.867 bits per heavy atom. The van der Waals surface area contributed by atoms with Crippen LogP contribution in [0.25, 0.3) is 0 Å². The number of aliphatic hydroxyl groups excluding tert-OH is 1. The molecule has 0 aromatic carbocycles. The van der Waals surface area contributed by atoms with Gasteiger partial charge in [0.2, 0.25) is 23.6 Å².